The molecule has 0 saturated carbocycles. The summed E-state index contributed by atoms with van der Waals surface area (Å²) < 4.78 is 15.5. The number of ether oxygens (including phenoxy) is 3. The number of rotatable bonds is 3. The number of aliphatic hydroxyl groups is 1. The highest BCUT2D eigenvalue weighted by atomic mass is 16.7. The maximum absolute atomic E-state index is 11.6. The van der Waals surface area contributed by atoms with Crippen molar-refractivity contribution >= 4 is 6.16 Å². The predicted molar refractivity (Wildman–Crippen MR) is 68.8 cm³/mol. The maximum Gasteiger partial charge on any atom is 0.508 e. The van der Waals surface area contributed by atoms with Gasteiger partial charge in [-0.1, -0.05) is 12.5 Å². The minimum atomic E-state index is -0.682. The second-order valence-electron chi connectivity index (χ2n) is 5.05. The Hall–Kier alpha value is -1.07. The lowest BCUT2D eigenvalue weighted by Gasteiger charge is -2.17. The fourth-order valence-corrected chi connectivity index (χ4v) is 2.33. The lowest BCUT2D eigenvalue weighted by molar-refractivity contribution is -0.0285. The lowest BCUT2D eigenvalue weighted by atomic mass is 10.0. The van der Waals surface area contributed by atoms with Gasteiger partial charge in [0, 0.05) is 6.61 Å². The van der Waals surface area contributed by atoms with Crippen molar-refractivity contribution in [2.45, 2.75) is 56.8 Å². The van der Waals surface area contributed by atoms with E-state index >= 15 is 0 Å². The van der Waals surface area contributed by atoms with Gasteiger partial charge in [0.15, 0.2) is 0 Å². The van der Waals surface area contributed by atoms with Gasteiger partial charge in [-0.3, -0.25) is 0 Å². The summed E-state index contributed by atoms with van der Waals surface area (Å²) in [4.78, 5) is 11.6. The average Bonchev–Trinajstić information content (AvgIpc) is 2.76. The summed E-state index contributed by atoms with van der Waals surface area (Å²) in [5.41, 5.74) is 0. The summed E-state index contributed by atoms with van der Waals surface area (Å²) in [7, 11) is 0. The largest absolute Gasteiger partial charge is 0.508 e. The van der Waals surface area contributed by atoms with Crippen LogP contribution in [0.15, 0.2) is 12.2 Å². The molecule has 0 radical (unpaired) electrons. The van der Waals surface area contributed by atoms with Gasteiger partial charge >= 0.3 is 6.16 Å². The van der Waals surface area contributed by atoms with Crippen molar-refractivity contribution in [1.29, 1.82) is 0 Å². The Labute approximate surface area is 113 Å². The Morgan fingerprint density at radius 1 is 1.32 bits per heavy atom. The van der Waals surface area contributed by atoms with E-state index in [1.54, 1.807) is 0 Å². The van der Waals surface area contributed by atoms with Gasteiger partial charge in [0.25, 0.3) is 0 Å². The monoisotopic (exact) mass is 270 g/mol. The first kappa shape index (κ1) is 14.3. The number of hydrogen-bond donors (Lipinski definition) is 1. The minimum Gasteiger partial charge on any atom is -0.431 e. The van der Waals surface area contributed by atoms with E-state index in [0.29, 0.717) is 13.0 Å². The highest BCUT2D eigenvalue weighted by Crippen LogP contribution is 2.16. The molecule has 1 unspecified atom stereocenters. The normalized spacial score (nSPS) is 33.2. The van der Waals surface area contributed by atoms with Gasteiger partial charge < -0.3 is 19.3 Å². The van der Waals surface area contributed by atoms with Crippen LogP contribution in [0.1, 0.15) is 38.5 Å². The Kier molecular flexibility index (Phi) is 5.66. The van der Waals surface area contributed by atoms with Crippen LogP contribution in [0.25, 0.3) is 0 Å². The molecule has 1 aliphatic heterocycles. The van der Waals surface area contributed by atoms with Crippen LogP contribution in [0.2, 0.25) is 0 Å². The van der Waals surface area contributed by atoms with Crippen molar-refractivity contribution in [3.63, 3.8) is 0 Å². The highest BCUT2D eigenvalue weighted by Gasteiger charge is 2.28. The van der Waals surface area contributed by atoms with Crippen LogP contribution in [-0.4, -0.2) is 42.8 Å². The lowest BCUT2D eigenvalue weighted by Crippen LogP contribution is -2.29. The van der Waals surface area contributed by atoms with Gasteiger partial charge in [0.1, 0.15) is 18.8 Å². The summed E-state index contributed by atoms with van der Waals surface area (Å²) >= 11 is 0. The number of allylic oxidation sites excluding steroid dienone is 1. The standard InChI is InChI=1S/C14H22O5/c15-12-8-9-17-13(12)10-18-14(16)19-11-6-4-2-1-3-5-7-11/h4,6,11-13,15H,1-3,5,7-10H2/b6-4+/t11?,12-,13+/m0/s1. The summed E-state index contributed by atoms with van der Waals surface area (Å²) in [6.45, 7) is 0.562. The van der Waals surface area contributed by atoms with Gasteiger partial charge in [-0.05, 0) is 38.2 Å². The van der Waals surface area contributed by atoms with Crippen LogP contribution >= 0.6 is 0 Å². The second kappa shape index (κ2) is 7.50. The van der Waals surface area contributed by atoms with Crippen LogP contribution in [-0.2, 0) is 14.2 Å². The first-order chi connectivity index (χ1) is 9.25. The van der Waals surface area contributed by atoms with Crippen molar-refractivity contribution in [2.75, 3.05) is 13.2 Å². The molecule has 0 aromatic heterocycles. The van der Waals surface area contributed by atoms with Crippen molar-refractivity contribution in [3.05, 3.63) is 12.2 Å². The van der Waals surface area contributed by atoms with Gasteiger partial charge in [-0.25, -0.2) is 4.79 Å². The predicted octanol–water partition coefficient (Wildman–Crippen LogP) is 2.18. The molecule has 108 valence electrons. The van der Waals surface area contributed by atoms with E-state index in [-0.39, 0.29) is 12.7 Å². The molecule has 2 aliphatic rings. The third-order valence-electron chi connectivity index (χ3n) is 3.50. The van der Waals surface area contributed by atoms with E-state index < -0.39 is 18.4 Å². The number of hydrogen-bond acceptors (Lipinski definition) is 5. The average molecular weight is 270 g/mol. The Morgan fingerprint density at radius 3 is 3.00 bits per heavy atom. The topological polar surface area (TPSA) is 65.0 Å². The summed E-state index contributed by atoms with van der Waals surface area (Å²) in [5.74, 6) is 0. The molecule has 0 aromatic carbocycles. The zero-order valence-corrected chi connectivity index (χ0v) is 11.1. The van der Waals surface area contributed by atoms with Crippen LogP contribution in [0.3, 0.4) is 0 Å². The van der Waals surface area contributed by atoms with Crippen LogP contribution in [0.5, 0.6) is 0 Å². The molecular weight excluding hydrogens is 248 g/mol. The molecule has 3 atom stereocenters. The fourth-order valence-electron chi connectivity index (χ4n) is 2.33. The molecular formula is C14H22O5. The van der Waals surface area contributed by atoms with E-state index in [0.717, 1.165) is 19.3 Å². The van der Waals surface area contributed by atoms with Crippen molar-refractivity contribution in [1.82, 2.24) is 0 Å². The molecule has 19 heavy (non-hydrogen) atoms. The van der Waals surface area contributed by atoms with Crippen molar-refractivity contribution < 1.29 is 24.1 Å². The molecule has 1 aliphatic carbocycles. The SMILES string of the molecule is O=C(OC[C@H]1OCC[C@@H]1O)OC1/C=C/CCCCC1. The maximum atomic E-state index is 11.6. The van der Waals surface area contributed by atoms with Crippen LogP contribution in [0, 0.1) is 0 Å². The van der Waals surface area contributed by atoms with Crippen LogP contribution in [0.4, 0.5) is 4.79 Å². The molecule has 1 heterocycles. The smallest absolute Gasteiger partial charge is 0.431 e. The van der Waals surface area contributed by atoms with Crippen LogP contribution < -0.4 is 0 Å². The molecule has 0 spiro atoms. The quantitative estimate of drug-likeness (QED) is 0.629. The molecule has 5 heteroatoms. The minimum absolute atomic E-state index is 0.0520. The number of aliphatic hydroxyl groups excluding tert-OH is 1. The van der Waals surface area contributed by atoms with E-state index in [9.17, 15) is 9.90 Å². The van der Waals surface area contributed by atoms with Gasteiger partial charge in [-0.2, -0.15) is 0 Å². The van der Waals surface area contributed by atoms with Gasteiger partial charge in [0.2, 0.25) is 0 Å². The summed E-state index contributed by atoms with van der Waals surface area (Å²) in [6.07, 6.45) is 8.05. The molecule has 1 N–H and O–H groups in total. The first-order valence-corrected chi connectivity index (χ1v) is 7.05. The van der Waals surface area contributed by atoms with Crippen molar-refractivity contribution in [2.24, 2.45) is 0 Å². The van der Waals surface area contributed by atoms with Crippen molar-refractivity contribution in [3.8, 4) is 0 Å². The number of carbonyl (C=O) groups excluding carboxylic acids is 1. The number of carbonyl (C=O) groups is 1. The van der Waals surface area contributed by atoms with Gasteiger partial charge in [0.05, 0.1) is 6.10 Å². The third-order valence-corrected chi connectivity index (χ3v) is 3.50. The second-order valence-corrected chi connectivity index (χ2v) is 5.05. The Bertz CT molecular complexity index is 315. The zero-order valence-electron chi connectivity index (χ0n) is 11.1. The molecule has 0 amide bonds. The fraction of sp³-hybridized carbons (Fsp3) is 0.786. The van der Waals surface area contributed by atoms with E-state index in [2.05, 4.69) is 6.08 Å². The molecule has 2 rings (SSSR count). The molecule has 0 aromatic rings. The Balaban J connectivity index is 1.69. The molecule has 1 fully saturated rings. The molecule has 5 nitrogen and oxygen atoms in total. The summed E-state index contributed by atoms with van der Waals surface area (Å²) in [5, 5.41) is 9.52. The summed E-state index contributed by atoms with van der Waals surface area (Å²) in [6, 6.07) is 0. The van der Waals surface area contributed by atoms with E-state index in [1.165, 1.54) is 12.8 Å². The van der Waals surface area contributed by atoms with Gasteiger partial charge in [-0.15, -0.1) is 0 Å². The van der Waals surface area contributed by atoms with E-state index in [4.69, 9.17) is 14.2 Å². The van der Waals surface area contributed by atoms with E-state index in [1.807, 2.05) is 6.08 Å². The first-order valence-electron chi connectivity index (χ1n) is 7.05. The highest BCUT2D eigenvalue weighted by molar-refractivity contribution is 5.60. The molecule has 0 bridgehead atoms. The third kappa shape index (κ3) is 4.84. The Morgan fingerprint density at radius 2 is 2.21 bits per heavy atom. The molecule has 1 saturated heterocycles. The zero-order chi connectivity index (χ0) is 13.5.